The van der Waals surface area contributed by atoms with E-state index in [1.165, 1.54) is 0 Å². The van der Waals surface area contributed by atoms with E-state index in [9.17, 15) is 9.18 Å². The smallest absolute Gasteiger partial charge is 0.246 e. The number of halogens is 1. The highest BCUT2D eigenvalue weighted by molar-refractivity contribution is 5.92. The Morgan fingerprint density at radius 2 is 2.00 bits per heavy atom. The van der Waals surface area contributed by atoms with Crippen LogP contribution in [-0.2, 0) is 9.53 Å². The van der Waals surface area contributed by atoms with Crippen molar-refractivity contribution in [3.05, 3.63) is 77.9 Å². The second-order valence-electron chi connectivity index (χ2n) is 8.25. The van der Waals surface area contributed by atoms with E-state index < -0.39 is 0 Å². The van der Waals surface area contributed by atoms with Crippen molar-refractivity contribution in [1.82, 2.24) is 19.9 Å². The molecule has 178 valence electrons. The first-order valence-electron chi connectivity index (χ1n) is 11.3. The van der Waals surface area contributed by atoms with Gasteiger partial charge in [-0.05, 0) is 55.0 Å². The first-order chi connectivity index (χ1) is 17.0. The quantitative estimate of drug-likeness (QED) is 0.350. The minimum atomic E-state index is -0.342. The van der Waals surface area contributed by atoms with Crippen molar-refractivity contribution in [2.24, 2.45) is 0 Å². The van der Waals surface area contributed by atoms with Gasteiger partial charge >= 0.3 is 0 Å². The number of amides is 1. The number of H-pyrrole nitrogens is 1. The summed E-state index contributed by atoms with van der Waals surface area (Å²) >= 11 is 0. The number of hydrogen-bond acceptors (Lipinski definition) is 6. The van der Waals surface area contributed by atoms with E-state index in [-0.39, 0.29) is 11.7 Å². The van der Waals surface area contributed by atoms with Gasteiger partial charge < -0.3 is 25.3 Å². The molecule has 5 rings (SSSR count). The maximum Gasteiger partial charge on any atom is 0.246 e. The first-order valence-corrected chi connectivity index (χ1v) is 11.3. The molecule has 2 aromatic heterocycles. The molecule has 1 aliphatic heterocycles. The lowest BCUT2D eigenvalue weighted by molar-refractivity contribution is -0.129. The maximum atomic E-state index is 14.9. The van der Waals surface area contributed by atoms with E-state index in [0.29, 0.717) is 49.1 Å². The molecule has 4 aromatic rings. The molecule has 9 heteroatoms. The van der Waals surface area contributed by atoms with Gasteiger partial charge in [-0.3, -0.25) is 4.79 Å². The van der Waals surface area contributed by atoms with Gasteiger partial charge in [0.25, 0.3) is 0 Å². The molecule has 8 nitrogen and oxygen atoms in total. The van der Waals surface area contributed by atoms with Crippen LogP contribution >= 0.6 is 0 Å². The molecule has 2 aromatic carbocycles. The van der Waals surface area contributed by atoms with Gasteiger partial charge in [0.15, 0.2) is 5.82 Å². The second-order valence-corrected chi connectivity index (χ2v) is 8.25. The van der Waals surface area contributed by atoms with Gasteiger partial charge in [-0.1, -0.05) is 12.1 Å². The summed E-state index contributed by atoms with van der Waals surface area (Å²) < 4.78 is 20.2. The zero-order valence-electron chi connectivity index (χ0n) is 19.2. The molecule has 35 heavy (non-hydrogen) atoms. The SMILES string of the molecule is Cc1cc2c(F)c(Nc3ccnc(Nc4cccc(C=CC(=O)N5CCOCC5)c4)n3)ccc2[nH]1. The number of ether oxygens (including phenoxy) is 1. The predicted octanol–water partition coefficient (Wildman–Crippen LogP) is 4.76. The minimum Gasteiger partial charge on any atom is -0.378 e. The van der Waals surface area contributed by atoms with Crippen molar-refractivity contribution in [2.45, 2.75) is 6.92 Å². The third-order valence-electron chi connectivity index (χ3n) is 5.67. The third kappa shape index (κ3) is 5.30. The Morgan fingerprint density at radius 1 is 1.14 bits per heavy atom. The van der Waals surface area contributed by atoms with Gasteiger partial charge in [0, 0.05) is 47.6 Å². The fourth-order valence-electron chi connectivity index (χ4n) is 3.94. The number of nitrogens with zero attached hydrogens (tertiary/aromatic N) is 3. The molecule has 3 heterocycles. The topological polar surface area (TPSA) is 95.2 Å². The van der Waals surface area contributed by atoms with Crippen LogP contribution < -0.4 is 10.6 Å². The zero-order valence-corrected chi connectivity index (χ0v) is 19.2. The number of rotatable bonds is 6. The highest BCUT2D eigenvalue weighted by Gasteiger charge is 2.14. The van der Waals surface area contributed by atoms with Gasteiger partial charge in [0.1, 0.15) is 5.82 Å². The van der Waals surface area contributed by atoms with Gasteiger partial charge in [0.05, 0.1) is 18.9 Å². The van der Waals surface area contributed by atoms with E-state index in [0.717, 1.165) is 22.5 Å². The Hall–Kier alpha value is -4.24. The standard InChI is InChI=1S/C26H25FN6O2/c1-17-15-20-21(29-17)6-7-22(25(20)27)31-23-9-10-28-26(32-23)30-19-4-2-3-18(16-19)5-8-24(34)33-11-13-35-14-12-33/h2-10,15-16,29H,11-14H2,1H3,(H2,28,30,31,32). The van der Waals surface area contributed by atoms with E-state index in [1.807, 2.05) is 37.3 Å². The van der Waals surface area contributed by atoms with Gasteiger partial charge in [-0.25, -0.2) is 9.37 Å². The van der Waals surface area contributed by atoms with E-state index >= 15 is 0 Å². The van der Waals surface area contributed by atoms with Gasteiger partial charge in [-0.2, -0.15) is 4.98 Å². The van der Waals surface area contributed by atoms with E-state index in [1.54, 1.807) is 41.4 Å². The van der Waals surface area contributed by atoms with Gasteiger partial charge in [0.2, 0.25) is 11.9 Å². The Morgan fingerprint density at radius 3 is 2.86 bits per heavy atom. The Balaban J connectivity index is 1.28. The van der Waals surface area contributed by atoms with Crippen LogP contribution in [0.5, 0.6) is 0 Å². The Labute approximate surface area is 201 Å². The van der Waals surface area contributed by atoms with Gasteiger partial charge in [-0.15, -0.1) is 0 Å². The molecule has 0 bridgehead atoms. The maximum absolute atomic E-state index is 14.9. The van der Waals surface area contributed by atoms with Crippen LogP contribution in [0.4, 0.5) is 27.5 Å². The number of carbonyl (C=O) groups is 1. The molecule has 1 fully saturated rings. The molecule has 0 radical (unpaired) electrons. The lowest BCUT2D eigenvalue weighted by Crippen LogP contribution is -2.39. The number of nitrogens with one attached hydrogen (secondary N) is 3. The summed E-state index contributed by atoms with van der Waals surface area (Å²) in [6.07, 6.45) is 4.95. The molecule has 0 spiro atoms. The number of benzene rings is 2. The summed E-state index contributed by atoms with van der Waals surface area (Å²) in [6.45, 7) is 4.24. The molecular formula is C26H25FN6O2. The van der Waals surface area contributed by atoms with E-state index in [2.05, 4.69) is 25.6 Å². The molecule has 1 saturated heterocycles. The number of fused-ring (bicyclic) bond motifs is 1. The average Bonchev–Trinajstić information content (AvgIpc) is 3.26. The van der Waals surface area contributed by atoms with Crippen LogP contribution in [-0.4, -0.2) is 52.1 Å². The van der Waals surface area contributed by atoms with Crippen molar-refractivity contribution >= 4 is 46.0 Å². The highest BCUT2D eigenvalue weighted by atomic mass is 19.1. The molecule has 3 N–H and O–H groups in total. The molecule has 0 atom stereocenters. The Kier molecular flexibility index (Phi) is 6.40. The van der Waals surface area contributed by atoms with Crippen LogP contribution in [0, 0.1) is 12.7 Å². The number of aryl methyl sites for hydroxylation is 1. The lowest BCUT2D eigenvalue weighted by Gasteiger charge is -2.25. The average molecular weight is 473 g/mol. The molecule has 1 amide bonds. The number of morpholine rings is 1. The van der Waals surface area contributed by atoms with Crippen molar-refractivity contribution in [2.75, 3.05) is 36.9 Å². The second kappa shape index (κ2) is 9.94. The van der Waals surface area contributed by atoms with Crippen LogP contribution in [0.3, 0.4) is 0 Å². The molecule has 1 aliphatic rings. The number of hydrogen-bond donors (Lipinski definition) is 3. The normalized spacial score (nSPS) is 13.9. The predicted molar refractivity (Wildman–Crippen MR) is 134 cm³/mol. The summed E-state index contributed by atoms with van der Waals surface area (Å²) in [5, 5.41) is 6.72. The number of carbonyl (C=O) groups excluding carboxylic acids is 1. The summed E-state index contributed by atoms with van der Waals surface area (Å²) in [5.74, 6) is 0.444. The van der Waals surface area contributed by atoms with Crippen LogP contribution in [0.25, 0.3) is 17.0 Å². The summed E-state index contributed by atoms with van der Waals surface area (Å²) in [4.78, 5) is 26.0. The number of aromatic nitrogens is 3. The fraction of sp³-hybridized carbons (Fsp3) is 0.192. The monoisotopic (exact) mass is 472 g/mol. The van der Waals surface area contributed by atoms with E-state index in [4.69, 9.17) is 4.74 Å². The molecule has 0 aliphatic carbocycles. The van der Waals surface area contributed by atoms with Crippen molar-refractivity contribution in [1.29, 1.82) is 0 Å². The summed E-state index contributed by atoms with van der Waals surface area (Å²) in [6, 6.07) is 14.5. The summed E-state index contributed by atoms with van der Waals surface area (Å²) in [5.41, 5.74) is 3.60. The van der Waals surface area contributed by atoms with Crippen LogP contribution in [0.1, 0.15) is 11.3 Å². The van der Waals surface area contributed by atoms with Crippen LogP contribution in [0.2, 0.25) is 0 Å². The van der Waals surface area contributed by atoms with Crippen molar-refractivity contribution in [3.8, 4) is 0 Å². The highest BCUT2D eigenvalue weighted by Crippen LogP contribution is 2.27. The largest absolute Gasteiger partial charge is 0.378 e. The van der Waals surface area contributed by atoms with Crippen LogP contribution in [0.15, 0.2) is 60.8 Å². The zero-order chi connectivity index (χ0) is 24.2. The molecule has 0 unspecified atom stereocenters. The lowest BCUT2D eigenvalue weighted by atomic mass is 10.2. The summed E-state index contributed by atoms with van der Waals surface area (Å²) in [7, 11) is 0. The Bertz CT molecular complexity index is 1390. The molecular weight excluding hydrogens is 447 g/mol. The fourth-order valence-corrected chi connectivity index (χ4v) is 3.94. The third-order valence-corrected chi connectivity index (χ3v) is 5.67. The van der Waals surface area contributed by atoms with Crippen molar-refractivity contribution in [3.63, 3.8) is 0 Å². The number of anilines is 4. The first kappa shape index (κ1) is 22.5. The molecule has 0 saturated carbocycles. The number of aromatic amines is 1. The van der Waals surface area contributed by atoms with Crippen molar-refractivity contribution < 1.29 is 13.9 Å². The minimum absolute atomic E-state index is 0.0333.